The maximum absolute atomic E-state index is 11.8. The van der Waals surface area contributed by atoms with Gasteiger partial charge in [0.2, 0.25) is 10.0 Å². The third-order valence-electron chi connectivity index (χ3n) is 2.71. The summed E-state index contributed by atoms with van der Waals surface area (Å²) < 4.78 is 26.1. The summed E-state index contributed by atoms with van der Waals surface area (Å²) in [4.78, 5) is 11.4. The van der Waals surface area contributed by atoms with Gasteiger partial charge in [-0.1, -0.05) is 32.0 Å². The Morgan fingerprint density at radius 3 is 2.33 bits per heavy atom. The molecule has 2 amide bonds. The van der Waals surface area contributed by atoms with Crippen LogP contribution in [0.25, 0.3) is 0 Å². The first-order valence-corrected chi connectivity index (χ1v) is 8.61. The Balaban J connectivity index is 2.26. The minimum absolute atomic E-state index is 0.0652. The molecule has 0 heterocycles. The largest absolute Gasteiger partial charge is 0.338 e. The highest BCUT2D eigenvalue weighted by atomic mass is 32.2. The van der Waals surface area contributed by atoms with Gasteiger partial charge in [-0.25, -0.2) is 13.2 Å². The molecule has 0 saturated carbocycles. The number of carbonyl (C=O) groups excluding carboxylic acids is 1. The van der Waals surface area contributed by atoms with E-state index in [2.05, 4.69) is 29.2 Å². The van der Waals surface area contributed by atoms with Crippen molar-refractivity contribution in [3.8, 4) is 0 Å². The molecule has 0 aromatic heterocycles. The lowest BCUT2D eigenvalue weighted by atomic mass is 10.1. The van der Waals surface area contributed by atoms with Crippen molar-refractivity contribution in [2.75, 3.05) is 23.6 Å². The number of urea groups is 1. The first-order valence-electron chi connectivity index (χ1n) is 6.96. The number of hydrogen-bond acceptors (Lipinski definition) is 3. The Labute approximate surface area is 126 Å². The number of sulfonamides is 1. The highest BCUT2D eigenvalue weighted by molar-refractivity contribution is 7.92. The number of anilines is 1. The van der Waals surface area contributed by atoms with Gasteiger partial charge in [0.15, 0.2) is 0 Å². The van der Waals surface area contributed by atoms with Crippen molar-refractivity contribution in [3.63, 3.8) is 0 Å². The highest BCUT2D eigenvalue weighted by Crippen LogP contribution is 2.07. The predicted molar refractivity (Wildman–Crippen MR) is 84.7 cm³/mol. The lowest BCUT2D eigenvalue weighted by molar-refractivity contribution is 0.241. The molecule has 0 radical (unpaired) electrons. The van der Waals surface area contributed by atoms with Crippen LogP contribution in [0.2, 0.25) is 0 Å². The maximum atomic E-state index is 11.8. The predicted octanol–water partition coefficient (Wildman–Crippen LogP) is 1.77. The first-order chi connectivity index (χ1) is 9.89. The molecule has 0 aliphatic carbocycles. The maximum Gasteiger partial charge on any atom is 0.314 e. The Bertz CT molecular complexity index is 530. The fraction of sp³-hybridized carbons (Fsp3) is 0.500. The summed E-state index contributed by atoms with van der Waals surface area (Å²) in [6, 6.07) is 8.30. The van der Waals surface area contributed by atoms with Crippen LogP contribution in [0, 0.1) is 5.92 Å². The molecule has 1 aromatic rings. The van der Waals surface area contributed by atoms with Crippen LogP contribution < -0.4 is 15.4 Å². The topological polar surface area (TPSA) is 87.3 Å². The fourth-order valence-corrected chi connectivity index (χ4v) is 2.54. The molecule has 0 fully saturated rings. The second-order valence-electron chi connectivity index (χ2n) is 5.15. The van der Waals surface area contributed by atoms with E-state index < -0.39 is 10.0 Å². The molecular weight excluding hydrogens is 290 g/mol. The van der Waals surface area contributed by atoms with Gasteiger partial charge in [-0.3, -0.25) is 4.72 Å². The van der Waals surface area contributed by atoms with Crippen molar-refractivity contribution in [2.24, 2.45) is 5.92 Å². The number of rotatable bonds is 8. The van der Waals surface area contributed by atoms with E-state index in [0.29, 0.717) is 18.2 Å². The number of hydrogen-bond donors (Lipinski definition) is 3. The Morgan fingerprint density at radius 1 is 1.10 bits per heavy atom. The van der Waals surface area contributed by atoms with Crippen molar-refractivity contribution < 1.29 is 13.2 Å². The Hall–Kier alpha value is -1.76. The van der Waals surface area contributed by atoms with Gasteiger partial charge in [0, 0.05) is 18.8 Å². The molecule has 1 aromatic carbocycles. The zero-order valence-electron chi connectivity index (χ0n) is 12.4. The second-order valence-corrected chi connectivity index (χ2v) is 6.99. The van der Waals surface area contributed by atoms with Gasteiger partial charge in [-0.2, -0.15) is 0 Å². The fourth-order valence-electron chi connectivity index (χ4n) is 1.57. The van der Waals surface area contributed by atoms with Crippen LogP contribution in [0.5, 0.6) is 0 Å². The van der Waals surface area contributed by atoms with Gasteiger partial charge in [0.25, 0.3) is 0 Å². The summed E-state index contributed by atoms with van der Waals surface area (Å²) in [6.07, 6.45) is 0.890. The molecule has 118 valence electrons. The van der Waals surface area contributed by atoms with E-state index >= 15 is 0 Å². The van der Waals surface area contributed by atoms with Crippen LogP contribution >= 0.6 is 0 Å². The van der Waals surface area contributed by atoms with Crippen molar-refractivity contribution in [1.82, 2.24) is 10.6 Å². The van der Waals surface area contributed by atoms with Crippen LogP contribution in [0.15, 0.2) is 30.3 Å². The molecule has 0 aliphatic heterocycles. The smallest absolute Gasteiger partial charge is 0.314 e. The minimum atomic E-state index is -3.46. The van der Waals surface area contributed by atoms with Gasteiger partial charge >= 0.3 is 6.03 Å². The summed E-state index contributed by atoms with van der Waals surface area (Å²) in [7, 11) is -3.46. The van der Waals surface area contributed by atoms with Gasteiger partial charge in [0.05, 0.1) is 5.75 Å². The molecule has 6 nitrogen and oxygen atoms in total. The number of para-hydroxylation sites is 1. The number of carbonyl (C=O) groups is 1. The summed E-state index contributed by atoms with van der Waals surface area (Å²) in [5.41, 5.74) is 0.513. The molecule has 0 aliphatic rings. The van der Waals surface area contributed by atoms with Gasteiger partial charge in [-0.05, 0) is 24.5 Å². The van der Waals surface area contributed by atoms with Crippen LogP contribution in [-0.2, 0) is 10.0 Å². The van der Waals surface area contributed by atoms with Crippen LogP contribution in [0.4, 0.5) is 10.5 Å². The molecular formula is C14H23N3O3S. The summed E-state index contributed by atoms with van der Waals surface area (Å²) in [5.74, 6) is 0.347. The third-order valence-corrected chi connectivity index (χ3v) is 4.00. The number of nitrogens with one attached hydrogen (secondary N) is 3. The molecule has 0 bridgehead atoms. The van der Waals surface area contributed by atoms with Gasteiger partial charge in [0.1, 0.15) is 0 Å². The lowest BCUT2D eigenvalue weighted by Crippen LogP contribution is -2.39. The molecule has 0 atom stereocenters. The van der Waals surface area contributed by atoms with Gasteiger partial charge in [-0.15, -0.1) is 0 Å². The van der Waals surface area contributed by atoms with Crippen molar-refractivity contribution in [2.45, 2.75) is 20.3 Å². The Morgan fingerprint density at radius 2 is 1.71 bits per heavy atom. The zero-order chi connectivity index (χ0) is 15.7. The summed E-state index contributed by atoms with van der Waals surface area (Å²) >= 11 is 0. The van der Waals surface area contributed by atoms with Crippen molar-refractivity contribution in [1.29, 1.82) is 0 Å². The third kappa shape index (κ3) is 8.19. The van der Waals surface area contributed by atoms with E-state index in [1.54, 1.807) is 30.3 Å². The lowest BCUT2D eigenvalue weighted by Gasteiger charge is -2.10. The quantitative estimate of drug-likeness (QED) is 0.683. The molecule has 21 heavy (non-hydrogen) atoms. The number of benzene rings is 1. The minimum Gasteiger partial charge on any atom is -0.338 e. The van der Waals surface area contributed by atoms with E-state index in [1.165, 1.54) is 0 Å². The number of amides is 2. The van der Waals surface area contributed by atoms with E-state index in [9.17, 15) is 13.2 Å². The molecule has 7 heteroatoms. The first kappa shape index (κ1) is 17.3. The average molecular weight is 313 g/mol. The molecule has 1 rings (SSSR count). The van der Waals surface area contributed by atoms with Gasteiger partial charge < -0.3 is 10.6 Å². The Kier molecular flexibility index (Phi) is 7.01. The molecule has 0 spiro atoms. The van der Waals surface area contributed by atoms with E-state index in [4.69, 9.17) is 0 Å². The van der Waals surface area contributed by atoms with Crippen molar-refractivity contribution >= 4 is 21.7 Å². The van der Waals surface area contributed by atoms with E-state index in [0.717, 1.165) is 6.42 Å². The van der Waals surface area contributed by atoms with Crippen molar-refractivity contribution in [3.05, 3.63) is 30.3 Å². The molecule has 0 unspecified atom stereocenters. The summed E-state index contributed by atoms with van der Waals surface area (Å²) in [5, 5.41) is 5.21. The van der Waals surface area contributed by atoms with E-state index in [-0.39, 0.29) is 18.3 Å². The van der Waals surface area contributed by atoms with E-state index in [1.807, 2.05) is 0 Å². The van der Waals surface area contributed by atoms with Crippen LogP contribution in [0.3, 0.4) is 0 Å². The standard InChI is InChI=1S/C14H23N3O3S/c1-12(2)8-9-15-14(18)16-10-11-21(19,20)17-13-6-4-3-5-7-13/h3-7,12,17H,8-11H2,1-2H3,(H2,15,16,18). The normalized spacial score (nSPS) is 11.2. The van der Waals surface area contributed by atoms with Crippen LogP contribution in [-0.4, -0.2) is 33.3 Å². The average Bonchev–Trinajstić information content (AvgIpc) is 2.38. The monoisotopic (exact) mass is 313 g/mol. The molecule has 3 N–H and O–H groups in total. The second kappa shape index (κ2) is 8.51. The summed E-state index contributed by atoms with van der Waals surface area (Å²) in [6.45, 7) is 4.79. The highest BCUT2D eigenvalue weighted by Gasteiger charge is 2.10. The SMILES string of the molecule is CC(C)CCNC(=O)NCCS(=O)(=O)Nc1ccccc1. The van der Waals surface area contributed by atoms with Crippen LogP contribution in [0.1, 0.15) is 20.3 Å². The molecule has 0 saturated heterocycles. The zero-order valence-corrected chi connectivity index (χ0v) is 13.2.